The number of carbonyl (C=O) groups is 1. The second-order valence-electron chi connectivity index (χ2n) is 4.45. The molecule has 0 spiro atoms. The van der Waals surface area contributed by atoms with Crippen LogP contribution in [-0.2, 0) is 11.2 Å². The van der Waals surface area contributed by atoms with Gasteiger partial charge in [-0.3, -0.25) is 4.79 Å². The zero-order valence-electron chi connectivity index (χ0n) is 11.5. The van der Waals surface area contributed by atoms with Crippen LogP contribution in [-0.4, -0.2) is 16.6 Å². The van der Waals surface area contributed by atoms with E-state index in [0.29, 0.717) is 5.75 Å². The van der Waals surface area contributed by atoms with Gasteiger partial charge in [-0.15, -0.1) is 0 Å². The molecule has 1 aromatic heterocycles. The lowest BCUT2D eigenvalue weighted by Gasteiger charge is -2.06. The normalized spacial score (nSPS) is 10.2. The van der Waals surface area contributed by atoms with Crippen molar-refractivity contribution in [3.05, 3.63) is 54.2 Å². The number of hydrogen-bond donors (Lipinski definition) is 1. The van der Waals surface area contributed by atoms with Gasteiger partial charge in [0, 0.05) is 11.9 Å². The molecule has 2 rings (SSSR count). The largest absolute Gasteiger partial charge is 0.325 e. The summed E-state index contributed by atoms with van der Waals surface area (Å²) >= 11 is 1.44. The quantitative estimate of drug-likeness (QED) is 0.822. The lowest BCUT2D eigenvalue weighted by molar-refractivity contribution is -0.113. The molecule has 1 heterocycles. The highest BCUT2D eigenvalue weighted by Gasteiger charge is 2.04. The van der Waals surface area contributed by atoms with Gasteiger partial charge in [-0.05, 0) is 36.2 Å². The third-order valence-corrected chi connectivity index (χ3v) is 3.71. The van der Waals surface area contributed by atoms with Crippen LogP contribution in [0.1, 0.15) is 18.9 Å². The molecule has 0 radical (unpaired) electrons. The number of aryl methyl sites for hydroxylation is 1. The Morgan fingerprint density at radius 1 is 1.20 bits per heavy atom. The minimum Gasteiger partial charge on any atom is -0.325 e. The van der Waals surface area contributed by atoms with Gasteiger partial charge in [0.25, 0.3) is 0 Å². The summed E-state index contributed by atoms with van der Waals surface area (Å²) in [6, 6.07) is 13.7. The highest BCUT2D eigenvalue weighted by molar-refractivity contribution is 7.99. The number of benzene rings is 1. The molecule has 1 N–H and O–H groups in total. The summed E-state index contributed by atoms with van der Waals surface area (Å²) in [6.07, 6.45) is 3.93. The van der Waals surface area contributed by atoms with E-state index in [9.17, 15) is 4.79 Å². The Kier molecular flexibility index (Phi) is 5.62. The van der Waals surface area contributed by atoms with Crippen molar-refractivity contribution in [3.8, 4) is 0 Å². The zero-order chi connectivity index (χ0) is 14.2. The van der Waals surface area contributed by atoms with Gasteiger partial charge < -0.3 is 5.32 Å². The van der Waals surface area contributed by atoms with Gasteiger partial charge in [-0.25, -0.2) is 4.98 Å². The number of thioether (sulfide) groups is 1. The number of anilines is 1. The van der Waals surface area contributed by atoms with Crippen molar-refractivity contribution >= 4 is 23.4 Å². The molecule has 104 valence electrons. The van der Waals surface area contributed by atoms with E-state index in [1.54, 1.807) is 6.20 Å². The molecule has 0 aliphatic carbocycles. The molecule has 20 heavy (non-hydrogen) atoms. The smallest absolute Gasteiger partial charge is 0.234 e. The van der Waals surface area contributed by atoms with Gasteiger partial charge in [-0.1, -0.05) is 43.3 Å². The summed E-state index contributed by atoms with van der Waals surface area (Å²) in [7, 11) is 0. The first-order valence-electron chi connectivity index (χ1n) is 6.70. The second kappa shape index (κ2) is 7.70. The number of hydrogen-bond acceptors (Lipinski definition) is 3. The van der Waals surface area contributed by atoms with Gasteiger partial charge >= 0.3 is 0 Å². The molecule has 1 amide bonds. The number of nitrogens with one attached hydrogen (secondary N) is 1. The number of aromatic nitrogens is 1. The fourth-order valence-electron chi connectivity index (χ4n) is 1.81. The standard InChI is InChI=1S/C16H18N2OS/c1-2-5-13-7-9-14(10-8-13)18-15(19)12-20-16-6-3-4-11-17-16/h3-4,6-11H,2,5,12H2,1H3,(H,18,19). The second-order valence-corrected chi connectivity index (χ2v) is 5.45. The Morgan fingerprint density at radius 3 is 2.65 bits per heavy atom. The van der Waals surface area contributed by atoms with Crippen LogP contribution in [0.5, 0.6) is 0 Å². The van der Waals surface area contributed by atoms with Crippen molar-refractivity contribution < 1.29 is 4.79 Å². The number of pyridine rings is 1. The molecule has 4 heteroatoms. The van der Waals surface area contributed by atoms with Crippen molar-refractivity contribution in [1.29, 1.82) is 0 Å². The molecule has 0 saturated carbocycles. The van der Waals surface area contributed by atoms with E-state index < -0.39 is 0 Å². The van der Waals surface area contributed by atoms with Crippen LogP contribution in [0.2, 0.25) is 0 Å². The summed E-state index contributed by atoms with van der Waals surface area (Å²) in [5.41, 5.74) is 2.14. The van der Waals surface area contributed by atoms with Crippen LogP contribution in [0, 0.1) is 0 Å². The van der Waals surface area contributed by atoms with Gasteiger partial charge in [0.1, 0.15) is 0 Å². The van der Waals surface area contributed by atoms with Crippen LogP contribution in [0.25, 0.3) is 0 Å². The number of nitrogens with zero attached hydrogens (tertiary/aromatic N) is 1. The van der Waals surface area contributed by atoms with E-state index in [1.807, 2.05) is 30.3 Å². The summed E-state index contributed by atoms with van der Waals surface area (Å²) in [5, 5.41) is 3.76. The van der Waals surface area contributed by atoms with Crippen LogP contribution in [0.4, 0.5) is 5.69 Å². The van der Waals surface area contributed by atoms with Gasteiger partial charge in [0.05, 0.1) is 10.8 Å². The molecule has 3 nitrogen and oxygen atoms in total. The van der Waals surface area contributed by atoms with Crippen molar-refractivity contribution in [2.45, 2.75) is 24.8 Å². The molecule has 0 aliphatic rings. The molecule has 0 aliphatic heterocycles. The zero-order valence-corrected chi connectivity index (χ0v) is 12.3. The summed E-state index contributed by atoms with van der Waals surface area (Å²) in [4.78, 5) is 16.0. The van der Waals surface area contributed by atoms with Crippen molar-refractivity contribution in [2.24, 2.45) is 0 Å². The Labute approximate surface area is 123 Å². The fourth-order valence-corrected chi connectivity index (χ4v) is 2.47. The molecule has 0 bridgehead atoms. The van der Waals surface area contributed by atoms with E-state index in [1.165, 1.54) is 17.3 Å². The first kappa shape index (κ1) is 14.6. The predicted octanol–water partition coefficient (Wildman–Crippen LogP) is 3.76. The monoisotopic (exact) mass is 286 g/mol. The Balaban J connectivity index is 1.82. The van der Waals surface area contributed by atoms with Crippen LogP contribution in [0.15, 0.2) is 53.7 Å². The van der Waals surface area contributed by atoms with Crippen molar-refractivity contribution in [2.75, 3.05) is 11.1 Å². The van der Waals surface area contributed by atoms with E-state index >= 15 is 0 Å². The average Bonchev–Trinajstić information content (AvgIpc) is 2.49. The predicted molar refractivity (Wildman–Crippen MR) is 84.0 cm³/mol. The molecule has 2 aromatic rings. The first-order chi connectivity index (χ1) is 9.78. The lowest BCUT2D eigenvalue weighted by Crippen LogP contribution is -2.14. The minimum atomic E-state index is -0.0103. The maximum absolute atomic E-state index is 11.8. The van der Waals surface area contributed by atoms with Crippen LogP contribution in [0.3, 0.4) is 0 Å². The maximum atomic E-state index is 11.8. The third kappa shape index (κ3) is 4.70. The maximum Gasteiger partial charge on any atom is 0.234 e. The minimum absolute atomic E-state index is 0.0103. The average molecular weight is 286 g/mol. The molecule has 0 unspecified atom stereocenters. The first-order valence-corrected chi connectivity index (χ1v) is 7.69. The highest BCUT2D eigenvalue weighted by Crippen LogP contribution is 2.15. The van der Waals surface area contributed by atoms with Gasteiger partial charge in [-0.2, -0.15) is 0 Å². The van der Waals surface area contributed by atoms with Gasteiger partial charge in [0.15, 0.2) is 0 Å². The van der Waals surface area contributed by atoms with Crippen LogP contribution < -0.4 is 5.32 Å². The summed E-state index contributed by atoms with van der Waals surface area (Å²) < 4.78 is 0. The fraction of sp³-hybridized carbons (Fsp3) is 0.250. The molecule has 1 aromatic carbocycles. The van der Waals surface area contributed by atoms with Crippen molar-refractivity contribution in [3.63, 3.8) is 0 Å². The Hall–Kier alpha value is -1.81. The van der Waals surface area contributed by atoms with E-state index in [4.69, 9.17) is 0 Å². The molecule has 0 fully saturated rings. The number of amides is 1. The molecular weight excluding hydrogens is 268 g/mol. The third-order valence-electron chi connectivity index (χ3n) is 2.77. The molecular formula is C16H18N2OS. The van der Waals surface area contributed by atoms with E-state index in [-0.39, 0.29) is 5.91 Å². The summed E-state index contributed by atoms with van der Waals surface area (Å²) in [5.74, 6) is 0.358. The van der Waals surface area contributed by atoms with Gasteiger partial charge in [0.2, 0.25) is 5.91 Å². The highest BCUT2D eigenvalue weighted by atomic mass is 32.2. The van der Waals surface area contributed by atoms with Crippen molar-refractivity contribution in [1.82, 2.24) is 4.98 Å². The molecule has 0 atom stereocenters. The SMILES string of the molecule is CCCc1ccc(NC(=O)CSc2ccccn2)cc1. The molecule has 0 saturated heterocycles. The summed E-state index contributed by atoms with van der Waals surface area (Å²) in [6.45, 7) is 2.16. The Morgan fingerprint density at radius 2 is 2.00 bits per heavy atom. The van der Waals surface area contributed by atoms with Crippen LogP contribution >= 0.6 is 11.8 Å². The topological polar surface area (TPSA) is 42.0 Å². The Bertz CT molecular complexity index is 540. The number of rotatable bonds is 6. The van der Waals surface area contributed by atoms with E-state index in [0.717, 1.165) is 23.6 Å². The lowest BCUT2D eigenvalue weighted by atomic mass is 10.1. The number of carbonyl (C=O) groups excluding carboxylic acids is 1. The van der Waals surface area contributed by atoms with E-state index in [2.05, 4.69) is 29.4 Å².